The molecule has 0 saturated heterocycles. The van der Waals surface area contributed by atoms with Gasteiger partial charge in [0.05, 0.1) is 6.10 Å². The van der Waals surface area contributed by atoms with Crippen molar-refractivity contribution in [3.05, 3.63) is 35.4 Å². The van der Waals surface area contributed by atoms with E-state index in [1.807, 2.05) is 31.2 Å². The number of rotatable bonds is 5. The number of hydrogen-bond acceptors (Lipinski definition) is 2. The Morgan fingerprint density at radius 1 is 1.40 bits per heavy atom. The van der Waals surface area contributed by atoms with Gasteiger partial charge in [-0.05, 0) is 24.0 Å². The van der Waals surface area contributed by atoms with Crippen molar-refractivity contribution >= 4 is 5.97 Å². The average Bonchev–Trinajstić information content (AvgIpc) is 2.25. The lowest BCUT2D eigenvalue weighted by Crippen LogP contribution is -2.04. The normalized spacial score (nSPS) is 12.4. The van der Waals surface area contributed by atoms with Gasteiger partial charge < -0.3 is 10.2 Å². The van der Waals surface area contributed by atoms with Crippen LogP contribution in [0.4, 0.5) is 0 Å². The van der Waals surface area contributed by atoms with Crippen LogP contribution in [-0.4, -0.2) is 16.2 Å². The number of aliphatic carboxylic acids is 1. The summed E-state index contributed by atoms with van der Waals surface area (Å²) in [5, 5.41) is 18.3. The van der Waals surface area contributed by atoms with Crippen LogP contribution < -0.4 is 0 Å². The molecule has 0 fully saturated rings. The van der Waals surface area contributed by atoms with Crippen LogP contribution in [0.5, 0.6) is 0 Å². The van der Waals surface area contributed by atoms with E-state index in [1.54, 1.807) is 0 Å². The molecule has 1 atom stereocenters. The summed E-state index contributed by atoms with van der Waals surface area (Å²) in [6.45, 7) is 1.90. The number of hydrogen-bond donors (Lipinski definition) is 2. The largest absolute Gasteiger partial charge is 0.481 e. The molecule has 2 N–H and O–H groups in total. The fraction of sp³-hybridized carbons (Fsp3) is 0.417. The SMILES string of the molecule is CCC(O)c1ccccc1CCC(=O)O. The highest BCUT2D eigenvalue weighted by molar-refractivity contribution is 5.67. The standard InChI is InChI=1S/C12H16O3/c1-2-11(13)10-6-4-3-5-9(10)7-8-12(14)15/h3-6,11,13H,2,7-8H2,1H3,(H,14,15). The zero-order valence-corrected chi connectivity index (χ0v) is 8.81. The number of carbonyl (C=O) groups is 1. The van der Waals surface area contributed by atoms with Crippen LogP contribution >= 0.6 is 0 Å². The van der Waals surface area contributed by atoms with E-state index < -0.39 is 12.1 Å². The Morgan fingerprint density at radius 3 is 2.67 bits per heavy atom. The fourth-order valence-electron chi connectivity index (χ4n) is 1.55. The number of aliphatic hydroxyl groups excluding tert-OH is 1. The molecular formula is C12H16O3. The minimum atomic E-state index is -0.809. The van der Waals surface area contributed by atoms with Crippen molar-refractivity contribution in [2.24, 2.45) is 0 Å². The summed E-state index contributed by atoms with van der Waals surface area (Å²) in [5.41, 5.74) is 1.77. The molecule has 0 spiro atoms. The van der Waals surface area contributed by atoms with Gasteiger partial charge in [-0.3, -0.25) is 4.79 Å². The molecule has 0 amide bonds. The third kappa shape index (κ3) is 3.36. The van der Waals surface area contributed by atoms with Gasteiger partial charge in [0.1, 0.15) is 0 Å². The van der Waals surface area contributed by atoms with Gasteiger partial charge in [0.2, 0.25) is 0 Å². The van der Waals surface area contributed by atoms with Crippen molar-refractivity contribution in [1.82, 2.24) is 0 Å². The maximum Gasteiger partial charge on any atom is 0.303 e. The Kier molecular flexibility index (Phi) is 4.31. The minimum absolute atomic E-state index is 0.105. The van der Waals surface area contributed by atoms with Crippen LogP contribution in [0, 0.1) is 0 Å². The van der Waals surface area contributed by atoms with Gasteiger partial charge in [0.25, 0.3) is 0 Å². The molecule has 1 unspecified atom stereocenters. The highest BCUT2D eigenvalue weighted by atomic mass is 16.4. The molecule has 1 aromatic rings. The predicted molar refractivity (Wildman–Crippen MR) is 57.6 cm³/mol. The third-order valence-corrected chi connectivity index (χ3v) is 2.41. The van der Waals surface area contributed by atoms with Crippen LogP contribution in [0.3, 0.4) is 0 Å². The van der Waals surface area contributed by atoms with Crippen molar-refractivity contribution in [2.45, 2.75) is 32.3 Å². The van der Waals surface area contributed by atoms with Crippen molar-refractivity contribution in [3.8, 4) is 0 Å². The Morgan fingerprint density at radius 2 is 2.07 bits per heavy atom. The van der Waals surface area contributed by atoms with E-state index in [0.717, 1.165) is 11.1 Å². The number of benzene rings is 1. The molecular weight excluding hydrogens is 192 g/mol. The summed E-state index contributed by atoms with van der Waals surface area (Å²) in [7, 11) is 0. The topological polar surface area (TPSA) is 57.5 Å². The van der Waals surface area contributed by atoms with Gasteiger partial charge in [-0.25, -0.2) is 0 Å². The summed E-state index contributed by atoms with van der Waals surface area (Å²) in [4.78, 5) is 10.5. The number of aliphatic hydroxyl groups is 1. The first-order chi connectivity index (χ1) is 7.15. The highest BCUT2D eigenvalue weighted by Gasteiger charge is 2.10. The summed E-state index contributed by atoms with van der Waals surface area (Å²) in [6.07, 6.45) is 0.732. The summed E-state index contributed by atoms with van der Waals surface area (Å²) in [5.74, 6) is -0.809. The molecule has 0 bridgehead atoms. The molecule has 0 saturated carbocycles. The van der Waals surface area contributed by atoms with Gasteiger partial charge in [-0.2, -0.15) is 0 Å². The number of carboxylic acid groups (broad SMARTS) is 1. The zero-order valence-electron chi connectivity index (χ0n) is 8.81. The molecule has 1 rings (SSSR count). The van der Waals surface area contributed by atoms with E-state index in [4.69, 9.17) is 5.11 Å². The molecule has 82 valence electrons. The van der Waals surface area contributed by atoms with Crippen LogP contribution in [0.15, 0.2) is 24.3 Å². The second kappa shape index (κ2) is 5.51. The molecule has 15 heavy (non-hydrogen) atoms. The van der Waals surface area contributed by atoms with E-state index in [1.165, 1.54) is 0 Å². The van der Waals surface area contributed by atoms with E-state index in [2.05, 4.69) is 0 Å². The fourth-order valence-corrected chi connectivity index (χ4v) is 1.55. The first-order valence-electron chi connectivity index (χ1n) is 5.12. The lowest BCUT2D eigenvalue weighted by molar-refractivity contribution is -0.136. The van der Waals surface area contributed by atoms with E-state index in [-0.39, 0.29) is 6.42 Å². The van der Waals surface area contributed by atoms with Gasteiger partial charge >= 0.3 is 5.97 Å². The zero-order chi connectivity index (χ0) is 11.3. The van der Waals surface area contributed by atoms with Crippen molar-refractivity contribution in [3.63, 3.8) is 0 Å². The van der Waals surface area contributed by atoms with E-state index in [9.17, 15) is 9.90 Å². The molecule has 1 aromatic carbocycles. The van der Waals surface area contributed by atoms with Crippen LogP contribution in [-0.2, 0) is 11.2 Å². The lowest BCUT2D eigenvalue weighted by Gasteiger charge is -2.13. The molecule has 0 aliphatic heterocycles. The first kappa shape index (κ1) is 11.7. The highest BCUT2D eigenvalue weighted by Crippen LogP contribution is 2.21. The van der Waals surface area contributed by atoms with Crippen LogP contribution in [0.2, 0.25) is 0 Å². The average molecular weight is 208 g/mol. The molecule has 0 radical (unpaired) electrons. The molecule has 0 aromatic heterocycles. The van der Waals surface area contributed by atoms with Crippen molar-refractivity contribution in [2.75, 3.05) is 0 Å². The second-order valence-electron chi connectivity index (χ2n) is 3.52. The Bertz CT molecular complexity index is 333. The summed E-state index contributed by atoms with van der Waals surface area (Å²) >= 11 is 0. The van der Waals surface area contributed by atoms with Gasteiger partial charge in [0, 0.05) is 6.42 Å². The third-order valence-electron chi connectivity index (χ3n) is 2.41. The molecule has 0 aliphatic carbocycles. The summed E-state index contributed by atoms with van der Waals surface area (Å²) < 4.78 is 0. The van der Waals surface area contributed by atoms with Gasteiger partial charge in [0.15, 0.2) is 0 Å². The predicted octanol–water partition coefficient (Wildman–Crippen LogP) is 2.15. The van der Waals surface area contributed by atoms with E-state index >= 15 is 0 Å². The Labute approximate surface area is 89.4 Å². The van der Waals surface area contributed by atoms with Crippen LogP contribution in [0.25, 0.3) is 0 Å². The Hall–Kier alpha value is -1.35. The summed E-state index contributed by atoms with van der Waals surface area (Å²) in [6, 6.07) is 7.45. The molecule has 0 heterocycles. The van der Waals surface area contributed by atoms with Crippen molar-refractivity contribution < 1.29 is 15.0 Å². The number of carboxylic acids is 1. The minimum Gasteiger partial charge on any atom is -0.481 e. The molecule has 3 heteroatoms. The van der Waals surface area contributed by atoms with Crippen LogP contribution in [0.1, 0.15) is 37.0 Å². The molecule has 3 nitrogen and oxygen atoms in total. The van der Waals surface area contributed by atoms with Gasteiger partial charge in [-0.1, -0.05) is 31.2 Å². The molecule has 0 aliphatic rings. The monoisotopic (exact) mass is 208 g/mol. The number of aryl methyl sites for hydroxylation is 1. The Balaban J connectivity index is 2.81. The maximum absolute atomic E-state index is 10.5. The van der Waals surface area contributed by atoms with Gasteiger partial charge in [-0.15, -0.1) is 0 Å². The first-order valence-corrected chi connectivity index (χ1v) is 5.12. The quantitative estimate of drug-likeness (QED) is 0.779. The maximum atomic E-state index is 10.5. The van der Waals surface area contributed by atoms with E-state index in [0.29, 0.717) is 12.8 Å². The lowest BCUT2D eigenvalue weighted by atomic mass is 9.97. The second-order valence-corrected chi connectivity index (χ2v) is 3.52. The van der Waals surface area contributed by atoms with Crippen molar-refractivity contribution in [1.29, 1.82) is 0 Å². The smallest absolute Gasteiger partial charge is 0.303 e.